The molecule has 6 nitrogen and oxygen atoms in total. The molecular formula is C21H23N3O3S. The van der Waals surface area contributed by atoms with Crippen molar-refractivity contribution in [3.63, 3.8) is 0 Å². The van der Waals surface area contributed by atoms with E-state index in [1.807, 2.05) is 18.2 Å². The fraction of sp³-hybridized carbons (Fsp3) is 0.333. The van der Waals surface area contributed by atoms with Gasteiger partial charge in [-0.15, -0.1) is 0 Å². The molecule has 1 fully saturated rings. The molecule has 1 aliphatic carbocycles. The van der Waals surface area contributed by atoms with Crippen molar-refractivity contribution in [3.8, 4) is 0 Å². The molecular weight excluding hydrogens is 374 g/mol. The van der Waals surface area contributed by atoms with Crippen molar-refractivity contribution in [2.45, 2.75) is 36.0 Å². The first-order chi connectivity index (χ1) is 13.5. The Morgan fingerprint density at radius 3 is 2.50 bits per heavy atom. The predicted molar refractivity (Wildman–Crippen MR) is 108 cm³/mol. The number of aliphatic imine (C=N–C) groups is 1. The summed E-state index contributed by atoms with van der Waals surface area (Å²) in [6.45, 7) is 0.859. The van der Waals surface area contributed by atoms with Gasteiger partial charge in [-0.25, -0.2) is 8.42 Å². The van der Waals surface area contributed by atoms with Crippen molar-refractivity contribution >= 4 is 21.8 Å². The fourth-order valence-electron chi connectivity index (χ4n) is 3.84. The largest absolute Gasteiger partial charge is 0.355 e. The second kappa shape index (κ2) is 7.39. The summed E-state index contributed by atoms with van der Waals surface area (Å²) in [5, 5.41) is 3.04. The molecule has 2 aromatic carbocycles. The second-order valence-electron chi connectivity index (χ2n) is 7.36. The quantitative estimate of drug-likeness (QED) is 0.784. The summed E-state index contributed by atoms with van der Waals surface area (Å²) in [4.78, 5) is 16.8. The van der Waals surface area contributed by atoms with Crippen molar-refractivity contribution < 1.29 is 13.2 Å². The van der Waals surface area contributed by atoms with Gasteiger partial charge in [0.15, 0.2) is 0 Å². The van der Waals surface area contributed by atoms with Gasteiger partial charge < -0.3 is 5.32 Å². The van der Waals surface area contributed by atoms with E-state index in [2.05, 4.69) is 27.2 Å². The van der Waals surface area contributed by atoms with Crippen LogP contribution in [-0.4, -0.2) is 33.3 Å². The highest BCUT2D eigenvalue weighted by Gasteiger charge is 2.38. The van der Waals surface area contributed by atoms with Crippen LogP contribution in [0.3, 0.4) is 0 Å². The van der Waals surface area contributed by atoms with Crippen molar-refractivity contribution in [2.24, 2.45) is 4.99 Å². The molecule has 1 saturated carbocycles. The number of hydrogen-bond acceptors (Lipinski definition) is 4. The maximum atomic E-state index is 12.3. The molecule has 4 rings (SSSR count). The van der Waals surface area contributed by atoms with Crippen molar-refractivity contribution in [3.05, 3.63) is 65.7 Å². The van der Waals surface area contributed by atoms with E-state index in [9.17, 15) is 13.2 Å². The molecule has 0 bridgehead atoms. The highest BCUT2D eigenvalue weighted by atomic mass is 32.2. The first kappa shape index (κ1) is 18.7. The third kappa shape index (κ3) is 3.54. The topological polar surface area (TPSA) is 87.6 Å². The summed E-state index contributed by atoms with van der Waals surface area (Å²) in [7, 11) is -3.54. The molecule has 1 amide bonds. The first-order valence-corrected chi connectivity index (χ1v) is 11.0. The van der Waals surface area contributed by atoms with E-state index < -0.39 is 10.0 Å². The Bertz CT molecular complexity index is 1010. The lowest BCUT2D eigenvalue weighted by atomic mass is 9.64. The molecule has 0 radical (unpaired) electrons. The van der Waals surface area contributed by atoms with Crippen molar-refractivity contribution in [1.82, 2.24) is 10.0 Å². The summed E-state index contributed by atoms with van der Waals surface area (Å²) in [6.07, 6.45) is 3.56. The molecule has 7 heteroatoms. The first-order valence-electron chi connectivity index (χ1n) is 9.49. The van der Waals surface area contributed by atoms with Gasteiger partial charge in [0.1, 0.15) is 5.84 Å². The molecule has 0 aromatic heterocycles. The Morgan fingerprint density at radius 2 is 1.79 bits per heavy atom. The van der Waals surface area contributed by atoms with Crippen molar-refractivity contribution in [2.75, 3.05) is 13.1 Å². The van der Waals surface area contributed by atoms with Crippen LogP contribution in [0.1, 0.15) is 36.8 Å². The fourth-order valence-corrected chi connectivity index (χ4v) is 5.09. The van der Waals surface area contributed by atoms with Crippen LogP contribution in [0.25, 0.3) is 0 Å². The van der Waals surface area contributed by atoms with Gasteiger partial charge in [-0.2, -0.15) is 0 Å². The minimum absolute atomic E-state index is 0.0445. The van der Waals surface area contributed by atoms with Gasteiger partial charge in [-0.05, 0) is 30.5 Å². The molecule has 28 heavy (non-hydrogen) atoms. The number of rotatable bonds is 6. The lowest BCUT2D eigenvalue weighted by Gasteiger charge is -2.42. The minimum atomic E-state index is -3.54. The van der Waals surface area contributed by atoms with E-state index in [-0.39, 0.29) is 29.2 Å². The molecule has 0 saturated heterocycles. The van der Waals surface area contributed by atoms with E-state index in [4.69, 9.17) is 0 Å². The number of nitrogens with zero attached hydrogens (tertiary/aromatic N) is 1. The van der Waals surface area contributed by atoms with Gasteiger partial charge in [-0.3, -0.25) is 14.5 Å². The Morgan fingerprint density at radius 1 is 1.07 bits per heavy atom. The predicted octanol–water partition coefficient (Wildman–Crippen LogP) is 2.35. The summed E-state index contributed by atoms with van der Waals surface area (Å²) < 4.78 is 26.6. The summed E-state index contributed by atoms with van der Waals surface area (Å²) in [6, 6.07) is 17.0. The highest BCUT2D eigenvalue weighted by Crippen LogP contribution is 2.43. The lowest BCUT2D eigenvalue weighted by molar-refractivity contribution is -0.121. The number of carbonyl (C=O) groups excluding carboxylic acids is 1. The van der Waals surface area contributed by atoms with E-state index in [1.165, 1.54) is 12.0 Å². The van der Waals surface area contributed by atoms with E-state index in [0.29, 0.717) is 17.9 Å². The molecule has 2 N–H and O–H groups in total. The zero-order valence-electron chi connectivity index (χ0n) is 15.5. The van der Waals surface area contributed by atoms with E-state index in [1.54, 1.807) is 24.3 Å². The second-order valence-corrected chi connectivity index (χ2v) is 9.01. The summed E-state index contributed by atoms with van der Waals surface area (Å²) >= 11 is 0. The number of sulfonamides is 1. The number of carbonyl (C=O) groups is 1. The van der Waals surface area contributed by atoms with Crippen LogP contribution < -0.4 is 10.0 Å². The Balaban J connectivity index is 1.34. The van der Waals surface area contributed by atoms with Crippen LogP contribution in [-0.2, 0) is 20.2 Å². The summed E-state index contributed by atoms with van der Waals surface area (Å²) in [5.74, 6) is 0.240. The van der Waals surface area contributed by atoms with Crippen LogP contribution in [0, 0.1) is 0 Å². The van der Waals surface area contributed by atoms with Crippen molar-refractivity contribution in [1.29, 1.82) is 0 Å². The van der Waals surface area contributed by atoms with Crippen LogP contribution in [0.2, 0.25) is 0 Å². The molecule has 0 spiro atoms. The Labute approximate surface area is 165 Å². The van der Waals surface area contributed by atoms with E-state index >= 15 is 0 Å². The average molecular weight is 398 g/mol. The Hall–Kier alpha value is -2.67. The number of benzene rings is 2. The minimum Gasteiger partial charge on any atom is -0.355 e. The number of nitrogens with one attached hydrogen (secondary N) is 2. The molecule has 2 aromatic rings. The normalized spacial score (nSPS) is 20.1. The number of fused-ring (bicyclic) bond motifs is 1. The van der Waals surface area contributed by atoms with Gasteiger partial charge in [0.2, 0.25) is 5.91 Å². The van der Waals surface area contributed by atoms with Gasteiger partial charge in [0, 0.05) is 23.9 Å². The van der Waals surface area contributed by atoms with Crippen LogP contribution in [0.15, 0.2) is 64.5 Å². The molecule has 0 atom stereocenters. The number of amides is 1. The maximum Gasteiger partial charge on any atom is 0.263 e. The molecule has 146 valence electrons. The maximum absolute atomic E-state index is 12.3. The number of amidine groups is 1. The number of hydrogen-bond donors (Lipinski definition) is 2. The van der Waals surface area contributed by atoms with Gasteiger partial charge in [-0.1, -0.05) is 48.9 Å². The van der Waals surface area contributed by atoms with Crippen LogP contribution >= 0.6 is 0 Å². The molecule has 0 unspecified atom stereocenters. The molecule has 1 heterocycles. The van der Waals surface area contributed by atoms with Crippen LogP contribution in [0.4, 0.5) is 0 Å². The van der Waals surface area contributed by atoms with E-state index in [0.717, 1.165) is 12.8 Å². The monoisotopic (exact) mass is 397 g/mol. The van der Waals surface area contributed by atoms with Gasteiger partial charge >= 0.3 is 0 Å². The Kier molecular flexibility index (Phi) is 4.93. The lowest BCUT2D eigenvalue weighted by Crippen LogP contribution is -2.45. The molecule has 1 aliphatic heterocycles. The molecule has 2 aliphatic rings. The van der Waals surface area contributed by atoms with Gasteiger partial charge in [0.05, 0.1) is 11.4 Å². The average Bonchev–Trinajstić information content (AvgIpc) is 2.93. The highest BCUT2D eigenvalue weighted by molar-refractivity contribution is 7.90. The summed E-state index contributed by atoms with van der Waals surface area (Å²) in [5.41, 5.74) is 1.88. The zero-order chi connectivity index (χ0) is 19.6. The standard InChI is InChI=1S/C21H23N3O3S/c25-19(23-15-21(12-6-13-21)16-7-2-1-3-8-16)11-14-22-20-17-9-4-5-10-18(17)28(26,27)24-20/h1-5,7-10H,6,11-15H2,(H,22,24)(H,23,25). The smallest absolute Gasteiger partial charge is 0.263 e. The van der Waals surface area contributed by atoms with Crippen LogP contribution in [0.5, 0.6) is 0 Å². The third-order valence-electron chi connectivity index (χ3n) is 5.59. The SMILES string of the molecule is O=C(CCN=C1NS(=O)(=O)c2ccccc21)NCC1(c2ccccc2)CCC1. The third-order valence-corrected chi connectivity index (χ3v) is 6.99. The zero-order valence-corrected chi connectivity index (χ0v) is 16.3. The van der Waals surface area contributed by atoms with Gasteiger partial charge in [0.25, 0.3) is 10.0 Å².